The molecular formula is C13H14N4O2. The van der Waals surface area contributed by atoms with Crippen molar-refractivity contribution in [2.75, 3.05) is 24.3 Å². The fourth-order valence-corrected chi connectivity index (χ4v) is 1.34. The smallest absolute Gasteiger partial charge is 0.248 e. The van der Waals surface area contributed by atoms with E-state index < -0.39 is 0 Å². The Kier molecular flexibility index (Phi) is 3.92. The van der Waals surface area contributed by atoms with Crippen LogP contribution in [0.5, 0.6) is 0 Å². The number of hydrogen-bond acceptors (Lipinski definition) is 5. The fraction of sp³-hybridized carbons (Fsp3) is 0.154. The highest BCUT2D eigenvalue weighted by Crippen LogP contribution is 2.08. The maximum Gasteiger partial charge on any atom is 0.248 e. The van der Waals surface area contributed by atoms with Crippen molar-refractivity contribution >= 4 is 23.6 Å². The van der Waals surface area contributed by atoms with Crippen LogP contribution in [0.3, 0.4) is 0 Å². The average Bonchev–Trinajstić information content (AvgIpc) is 2.90. The van der Waals surface area contributed by atoms with Crippen LogP contribution in [-0.4, -0.2) is 30.0 Å². The summed E-state index contributed by atoms with van der Waals surface area (Å²) in [6, 6.07) is 3.52. The number of aromatic nitrogens is 2. The van der Waals surface area contributed by atoms with Crippen molar-refractivity contribution in [2.45, 2.75) is 0 Å². The van der Waals surface area contributed by atoms with E-state index in [1.165, 1.54) is 6.08 Å². The second-order valence-corrected chi connectivity index (χ2v) is 4.00. The third kappa shape index (κ3) is 3.67. The van der Waals surface area contributed by atoms with E-state index in [-0.39, 0.29) is 5.91 Å². The molecule has 0 unspecified atom stereocenters. The molecule has 2 aromatic rings. The molecule has 0 saturated carbocycles. The van der Waals surface area contributed by atoms with Crippen molar-refractivity contribution < 1.29 is 9.21 Å². The lowest BCUT2D eigenvalue weighted by Crippen LogP contribution is -2.13. The topological polar surface area (TPSA) is 71.3 Å². The number of carbonyl (C=O) groups excluding carboxylic acids is 1. The summed E-state index contributed by atoms with van der Waals surface area (Å²) < 4.78 is 5.08. The Hall–Kier alpha value is -2.63. The van der Waals surface area contributed by atoms with Crippen molar-refractivity contribution in [3.8, 4) is 0 Å². The fourth-order valence-electron chi connectivity index (χ4n) is 1.34. The highest BCUT2D eigenvalue weighted by atomic mass is 16.3. The Morgan fingerprint density at radius 1 is 1.37 bits per heavy atom. The number of hydrogen-bond donors (Lipinski definition) is 1. The van der Waals surface area contributed by atoms with E-state index in [1.807, 2.05) is 14.1 Å². The molecule has 0 atom stereocenters. The summed E-state index contributed by atoms with van der Waals surface area (Å²) in [7, 11) is 3.69. The first-order chi connectivity index (χ1) is 9.15. The average molecular weight is 258 g/mol. The van der Waals surface area contributed by atoms with Crippen molar-refractivity contribution in [3.63, 3.8) is 0 Å². The summed E-state index contributed by atoms with van der Waals surface area (Å²) in [5.74, 6) is 0.941. The highest BCUT2D eigenvalue weighted by molar-refractivity contribution is 6.01. The molecule has 6 nitrogen and oxygen atoms in total. The summed E-state index contributed by atoms with van der Waals surface area (Å²) in [6.45, 7) is 0. The molecule has 1 N–H and O–H groups in total. The molecule has 1 amide bonds. The molecule has 19 heavy (non-hydrogen) atoms. The van der Waals surface area contributed by atoms with Crippen LogP contribution in [0, 0.1) is 0 Å². The Labute approximate surface area is 110 Å². The lowest BCUT2D eigenvalue weighted by molar-refractivity contribution is -0.111. The zero-order valence-corrected chi connectivity index (χ0v) is 10.7. The quantitative estimate of drug-likeness (QED) is 0.846. The van der Waals surface area contributed by atoms with Crippen LogP contribution in [0.4, 0.5) is 11.6 Å². The molecule has 0 aliphatic heterocycles. The molecule has 0 aliphatic carbocycles. The van der Waals surface area contributed by atoms with Crippen LogP contribution in [-0.2, 0) is 4.79 Å². The van der Waals surface area contributed by atoms with Gasteiger partial charge in [0.1, 0.15) is 5.76 Å². The molecule has 0 fully saturated rings. The summed E-state index contributed by atoms with van der Waals surface area (Å²) in [5, 5.41) is 2.66. The van der Waals surface area contributed by atoms with E-state index >= 15 is 0 Å². The molecular weight excluding hydrogens is 244 g/mol. The van der Waals surface area contributed by atoms with Crippen LogP contribution in [0.25, 0.3) is 6.08 Å². The summed E-state index contributed by atoms with van der Waals surface area (Å²) in [6.07, 6.45) is 7.64. The minimum atomic E-state index is -0.266. The maximum atomic E-state index is 11.6. The van der Waals surface area contributed by atoms with Crippen molar-refractivity contribution in [1.82, 2.24) is 9.97 Å². The Bertz CT molecular complexity index is 559. The van der Waals surface area contributed by atoms with Gasteiger partial charge in [-0.2, -0.15) is 0 Å². The molecule has 98 valence electrons. The van der Waals surface area contributed by atoms with Gasteiger partial charge in [0.2, 0.25) is 11.9 Å². The van der Waals surface area contributed by atoms with Crippen LogP contribution in [0.1, 0.15) is 5.76 Å². The normalized spacial score (nSPS) is 10.6. The summed E-state index contributed by atoms with van der Waals surface area (Å²) in [5.41, 5.74) is 0.541. The van der Waals surface area contributed by atoms with Crippen molar-refractivity contribution in [2.24, 2.45) is 0 Å². The third-order valence-electron chi connectivity index (χ3n) is 2.25. The first kappa shape index (κ1) is 12.8. The van der Waals surface area contributed by atoms with Crippen molar-refractivity contribution in [3.05, 3.63) is 42.6 Å². The lowest BCUT2D eigenvalue weighted by atomic mass is 10.4. The monoisotopic (exact) mass is 258 g/mol. The van der Waals surface area contributed by atoms with E-state index in [0.717, 1.165) is 0 Å². The zero-order valence-electron chi connectivity index (χ0n) is 10.7. The standard InChI is InChI=1S/C13H14N4O2/c1-17(2)13-14-8-10(9-15-13)16-12(18)6-5-11-4-3-7-19-11/h3-9H,1-2H3,(H,16,18)/b6-5+. The summed E-state index contributed by atoms with van der Waals surface area (Å²) >= 11 is 0. The molecule has 0 aliphatic rings. The molecule has 2 aromatic heterocycles. The number of nitrogens with zero attached hydrogens (tertiary/aromatic N) is 3. The Morgan fingerprint density at radius 2 is 2.11 bits per heavy atom. The number of carbonyl (C=O) groups is 1. The van der Waals surface area contributed by atoms with E-state index in [9.17, 15) is 4.79 Å². The van der Waals surface area contributed by atoms with Gasteiger partial charge >= 0.3 is 0 Å². The number of anilines is 2. The Morgan fingerprint density at radius 3 is 2.68 bits per heavy atom. The number of amides is 1. The van der Waals surface area contributed by atoms with Crippen LogP contribution < -0.4 is 10.2 Å². The van der Waals surface area contributed by atoms with Gasteiger partial charge in [-0.25, -0.2) is 9.97 Å². The van der Waals surface area contributed by atoms with Gasteiger partial charge in [0.25, 0.3) is 0 Å². The Balaban J connectivity index is 1.95. The highest BCUT2D eigenvalue weighted by Gasteiger charge is 2.01. The molecule has 0 aromatic carbocycles. The predicted octanol–water partition coefficient (Wildman–Crippen LogP) is 1.79. The zero-order chi connectivity index (χ0) is 13.7. The molecule has 2 rings (SSSR count). The second kappa shape index (κ2) is 5.81. The van der Waals surface area contributed by atoms with Crippen LogP contribution in [0.15, 0.2) is 41.3 Å². The van der Waals surface area contributed by atoms with Gasteiger partial charge in [-0.1, -0.05) is 0 Å². The van der Waals surface area contributed by atoms with Crippen molar-refractivity contribution in [1.29, 1.82) is 0 Å². The van der Waals surface area contributed by atoms with Gasteiger partial charge in [-0.05, 0) is 18.2 Å². The predicted molar refractivity (Wildman–Crippen MR) is 72.7 cm³/mol. The van der Waals surface area contributed by atoms with E-state index in [0.29, 0.717) is 17.4 Å². The largest absolute Gasteiger partial charge is 0.465 e. The number of rotatable bonds is 4. The molecule has 2 heterocycles. The molecule has 0 bridgehead atoms. The van der Waals surface area contributed by atoms with Crippen LogP contribution >= 0.6 is 0 Å². The van der Waals surface area contributed by atoms with E-state index in [2.05, 4.69) is 15.3 Å². The van der Waals surface area contributed by atoms with Gasteiger partial charge in [-0.15, -0.1) is 0 Å². The maximum absolute atomic E-state index is 11.6. The van der Waals surface area contributed by atoms with Crippen LogP contribution in [0.2, 0.25) is 0 Å². The second-order valence-electron chi connectivity index (χ2n) is 4.00. The summed E-state index contributed by atoms with van der Waals surface area (Å²) in [4.78, 5) is 21.6. The first-order valence-electron chi connectivity index (χ1n) is 5.67. The van der Waals surface area contributed by atoms with E-state index in [4.69, 9.17) is 4.42 Å². The van der Waals surface area contributed by atoms with Gasteiger partial charge < -0.3 is 14.6 Å². The molecule has 0 spiro atoms. The minimum Gasteiger partial charge on any atom is -0.465 e. The first-order valence-corrected chi connectivity index (χ1v) is 5.67. The van der Waals surface area contributed by atoms with Gasteiger partial charge in [0, 0.05) is 20.2 Å². The van der Waals surface area contributed by atoms with Gasteiger partial charge in [-0.3, -0.25) is 4.79 Å². The number of nitrogens with one attached hydrogen (secondary N) is 1. The lowest BCUT2D eigenvalue weighted by Gasteiger charge is -2.09. The SMILES string of the molecule is CN(C)c1ncc(NC(=O)/C=C/c2ccco2)cn1. The third-order valence-corrected chi connectivity index (χ3v) is 2.25. The van der Waals surface area contributed by atoms with E-state index in [1.54, 1.807) is 41.8 Å². The van der Waals surface area contributed by atoms with Gasteiger partial charge in [0.05, 0.1) is 24.3 Å². The molecule has 6 heteroatoms. The minimum absolute atomic E-state index is 0.266. The molecule has 0 radical (unpaired) electrons. The number of furan rings is 1. The molecule has 0 saturated heterocycles. The van der Waals surface area contributed by atoms with Gasteiger partial charge in [0.15, 0.2) is 0 Å².